The van der Waals surface area contributed by atoms with E-state index in [1.54, 1.807) is 0 Å². The van der Waals surface area contributed by atoms with Gasteiger partial charge in [0.05, 0.1) is 0 Å². The molecule has 1 N–H and O–H groups in total. The molecule has 1 heterocycles. The quantitative estimate of drug-likeness (QED) is 0.756. The van der Waals surface area contributed by atoms with Gasteiger partial charge in [-0.25, -0.2) is 4.98 Å². The molecular weight excluding hydrogens is 196 g/mol. The number of aromatic nitrogens is 1. The molecule has 76 valence electrons. The molecule has 0 radical (unpaired) electrons. The Kier molecular flexibility index (Phi) is 2.92. The van der Waals surface area contributed by atoms with Gasteiger partial charge in [-0.15, -0.1) is 11.6 Å². The number of pyridine rings is 1. The molecule has 14 heavy (non-hydrogen) atoms. The van der Waals surface area contributed by atoms with E-state index in [1.807, 2.05) is 24.4 Å². The van der Waals surface area contributed by atoms with Crippen LogP contribution in [0.2, 0.25) is 0 Å². The van der Waals surface area contributed by atoms with Crippen LogP contribution in [-0.4, -0.2) is 17.4 Å². The summed E-state index contributed by atoms with van der Waals surface area (Å²) in [6, 6.07) is 5.92. The summed E-state index contributed by atoms with van der Waals surface area (Å²) >= 11 is 5.76. The van der Waals surface area contributed by atoms with Crippen molar-refractivity contribution in [3.8, 4) is 0 Å². The molecule has 0 aromatic carbocycles. The number of nitrogens with zero attached hydrogens (tertiary/aromatic N) is 1. The van der Waals surface area contributed by atoms with Crippen LogP contribution in [0.1, 0.15) is 19.3 Å². The van der Waals surface area contributed by atoms with Crippen molar-refractivity contribution < 1.29 is 0 Å². The minimum atomic E-state index is 0.471. The molecule has 1 aromatic rings. The molecule has 1 aliphatic carbocycles. The minimum absolute atomic E-state index is 0.471. The maximum absolute atomic E-state index is 5.76. The lowest BCUT2D eigenvalue weighted by Gasteiger charge is -2.14. The van der Waals surface area contributed by atoms with E-state index in [9.17, 15) is 0 Å². The molecule has 1 saturated carbocycles. The van der Waals surface area contributed by atoms with Crippen molar-refractivity contribution in [2.24, 2.45) is 5.41 Å². The van der Waals surface area contributed by atoms with Gasteiger partial charge >= 0.3 is 0 Å². The van der Waals surface area contributed by atoms with Gasteiger partial charge in [0, 0.05) is 18.6 Å². The van der Waals surface area contributed by atoms with Gasteiger partial charge in [0.25, 0.3) is 0 Å². The van der Waals surface area contributed by atoms with Crippen LogP contribution < -0.4 is 5.32 Å². The summed E-state index contributed by atoms with van der Waals surface area (Å²) in [6.07, 6.45) is 5.54. The first kappa shape index (κ1) is 9.78. The van der Waals surface area contributed by atoms with Gasteiger partial charge < -0.3 is 5.32 Å². The zero-order chi connectivity index (χ0) is 9.86. The molecule has 0 unspecified atom stereocenters. The molecule has 2 nitrogen and oxygen atoms in total. The number of halogens is 1. The average molecular weight is 211 g/mol. The summed E-state index contributed by atoms with van der Waals surface area (Å²) in [7, 11) is 0. The maximum atomic E-state index is 5.76. The average Bonchev–Trinajstić information content (AvgIpc) is 2.98. The van der Waals surface area contributed by atoms with Crippen LogP contribution in [0.5, 0.6) is 0 Å². The Morgan fingerprint density at radius 2 is 2.29 bits per heavy atom. The number of rotatable bonds is 5. The van der Waals surface area contributed by atoms with Gasteiger partial charge in [-0.2, -0.15) is 0 Å². The van der Waals surface area contributed by atoms with E-state index >= 15 is 0 Å². The fraction of sp³-hybridized carbons (Fsp3) is 0.545. The van der Waals surface area contributed by atoms with Gasteiger partial charge in [0.2, 0.25) is 0 Å². The van der Waals surface area contributed by atoms with Gasteiger partial charge in [0.15, 0.2) is 0 Å². The van der Waals surface area contributed by atoms with E-state index < -0.39 is 0 Å². The Bertz CT molecular complexity index is 283. The largest absolute Gasteiger partial charge is 0.370 e. The van der Waals surface area contributed by atoms with Crippen LogP contribution in [-0.2, 0) is 0 Å². The van der Waals surface area contributed by atoms with Crippen LogP contribution in [0.4, 0.5) is 5.82 Å². The fourth-order valence-electron chi connectivity index (χ4n) is 1.64. The van der Waals surface area contributed by atoms with E-state index in [-0.39, 0.29) is 0 Å². The fourth-order valence-corrected chi connectivity index (χ4v) is 2.04. The van der Waals surface area contributed by atoms with Crippen molar-refractivity contribution in [2.75, 3.05) is 17.7 Å². The van der Waals surface area contributed by atoms with Gasteiger partial charge in [0.1, 0.15) is 5.82 Å². The molecular formula is C11H15ClN2. The van der Waals surface area contributed by atoms with E-state index in [2.05, 4.69) is 10.3 Å². The van der Waals surface area contributed by atoms with Crippen molar-refractivity contribution in [2.45, 2.75) is 19.3 Å². The number of alkyl halides is 1. The lowest BCUT2D eigenvalue weighted by atomic mass is 10.0. The standard InChI is InChI=1S/C11H15ClN2/c12-7-6-11(4-5-11)9-14-10-3-1-2-8-13-10/h1-3,8H,4-7,9H2,(H,13,14). The SMILES string of the molecule is ClCCC1(CNc2ccccn2)CC1. The summed E-state index contributed by atoms with van der Waals surface area (Å²) in [5, 5.41) is 3.36. The van der Waals surface area contributed by atoms with Gasteiger partial charge in [-0.1, -0.05) is 6.07 Å². The molecule has 3 heteroatoms. The number of nitrogens with one attached hydrogen (secondary N) is 1. The second-order valence-electron chi connectivity index (χ2n) is 4.01. The zero-order valence-corrected chi connectivity index (χ0v) is 8.93. The smallest absolute Gasteiger partial charge is 0.125 e. The van der Waals surface area contributed by atoms with Crippen LogP contribution in [0, 0.1) is 5.41 Å². The third-order valence-corrected chi connectivity index (χ3v) is 3.08. The number of hydrogen-bond donors (Lipinski definition) is 1. The normalized spacial score (nSPS) is 17.8. The van der Waals surface area contributed by atoms with Crippen molar-refractivity contribution in [1.82, 2.24) is 4.98 Å². The Hall–Kier alpha value is -0.760. The Morgan fingerprint density at radius 3 is 2.86 bits per heavy atom. The summed E-state index contributed by atoms with van der Waals surface area (Å²) in [5.41, 5.74) is 0.471. The highest BCUT2D eigenvalue weighted by atomic mass is 35.5. The highest BCUT2D eigenvalue weighted by Gasteiger charge is 2.41. The molecule has 1 aromatic heterocycles. The first-order valence-electron chi connectivity index (χ1n) is 5.06. The van der Waals surface area contributed by atoms with Crippen molar-refractivity contribution >= 4 is 17.4 Å². The number of anilines is 1. The van der Waals surface area contributed by atoms with Crippen molar-refractivity contribution in [3.05, 3.63) is 24.4 Å². The molecule has 0 aliphatic heterocycles. The Balaban J connectivity index is 1.83. The monoisotopic (exact) mass is 210 g/mol. The molecule has 0 atom stereocenters. The minimum Gasteiger partial charge on any atom is -0.370 e. The predicted octanol–water partition coefficient (Wildman–Crippen LogP) is 2.90. The highest BCUT2D eigenvalue weighted by molar-refractivity contribution is 6.17. The number of hydrogen-bond acceptors (Lipinski definition) is 2. The topological polar surface area (TPSA) is 24.9 Å². The third kappa shape index (κ3) is 2.38. The van der Waals surface area contributed by atoms with Gasteiger partial charge in [-0.05, 0) is 36.8 Å². The van der Waals surface area contributed by atoms with E-state index in [1.165, 1.54) is 12.8 Å². The van der Waals surface area contributed by atoms with Crippen molar-refractivity contribution in [3.63, 3.8) is 0 Å². The second kappa shape index (κ2) is 4.18. The third-order valence-electron chi connectivity index (χ3n) is 2.89. The molecule has 2 rings (SSSR count). The molecule has 1 aliphatic rings. The van der Waals surface area contributed by atoms with E-state index in [4.69, 9.17) is 11.6 Å². The summed E-state index contributed by atoms with van der Waals surface area (Å²) < 4.78 is 0. The van der Waals surface area contributed by atoms with Crippen LogP contribution in [0.15, 0.2) is 24.4 Å². The summed E-state index contributed by atoms with van der Waals surface area (Å²) in [6.45, 7) is 1.01. The molecule has 0 saturated heterocycles. The lowest BCUT2D eigenvalue weighted by Crippen LogP contribution is -2.16. The molecule has 1 fully saturated rings. The highest BCUT2D eigenvalue weighted by Crippen LogP contribution is 2.48. The second-order valence-corrected chi connectivity index (χ2v) is 4.39. The predicted molar refractivity (Wildman–Crippen MR) is 59.7 cm³/mol. The molecule has 0 amide bonds. The first-order chi connectivity index (χ1) is 6.85. The van der Waals surface area contributed by atoms with Gasteiger partial charge in [-0.3, -0.25) is 0 Å². The van der Waals surface area contributed by atoms with E-state index in [0.717, 1.165) is 24.7 Å². The van der Waals surface area contributed by atoms with Crippen molar-refractivity contribution in [1.29, 1.82) is 0 Å². The first-order valence-corrected chi connectivity index (χ1v) is 5.59. The van der Waals surface area contributed by atoms with E-state index in [0.29, 0.717) is 5.41 Å². The summed E-state index contributed by atoms with van der Waals surface area (Å²) in [5.74, 6) is 1.73. The maximum Gasteiger partial charge on any atom is 0.125 e. The van der Waals surface area contributed by atoms with Crippen LogP contribution in [0.3, 0.4) is 0 Å². The van der Waals surface area contributed by atoms with Crippen LogP contribution >= 0.6 is 11.6 Å². The Morgan fingerprint density at radius 1 is 1.43 bits per heavy atom. The molecule has 0 spiro atoms. The summed E-state index contributed by atoms with van der Waals surface area (Å²) in [4.78, 5) is 4.23. The molecule has 0 bridgehead atoms. The Labute approximate surface area is 89.7 Å². The zero-order valence-electron chi connectivity index (χ0n) is 8.17. The van der Waals surface area contributed by atoms with Crippen LogP contribution in [0.25, 0.3) is 0 Å². The lowest BCUT2D eigenvalue weighted by molar-refractivity contribution is 0.524.